The summed E-state index contributed by atoms with van der Waals surface area (Å²) in [6.07, 6.45) is -3.11. The average molecular weight is 264 g/mol. The Kier molecular flexibility index (Phi) is 5.72. The maximum atomic E-state index is 10.7. The maximum absolute atomic E-state index is 10.7. The van der Waals surface area contributed by atoms with Gasteiger partial charge in [-0.15, -0.1) is 0 Å². The van der Waals surface area contributed by atoms with Crippen LogP contribution in [0.4, 0.5) is 0 Å². The molecule has 0 aromatic heterocycles. The number of amides is 1. The molecule has 0 saturated heterocycles. The van der Waals surface area contributed by atoms with Gasteiger partial charge in [-0.25, -0.2) is 4.79 Å². The first-order valence-corrected chi connectivity index (χ1v) is 4.57. The molecule has 1 amide bonds. The first-order valence-electron chi connectivity index (χ1n) is 4.57. The Balaban J connectivity index is 4.93. The lowest BCUT2D eigenvalue weighted by molar-refractivity contribution is -0.157. The van der Waals surface area contributed by atoms with Crippen LogP contribution >= 0.6 is 0 Å². The molecular weight excluding hydrogens is 252 g/mol. The second-order valence-corrected chi connectivity index (χ2v) is 3.33. The standard InChI is InChI=1S/C8H12N2O8/c9-3(11)1-2(6(13)14)10-4(7(15)16)5(12)8(17)18/h2,4-5,10,12H,1H2,(H2,9,11)(H,13,14)(H,15,16)(H,17,18)/t2-,4?,5?/m0/s1. The largest absolute Gasteiger partial charge is 0.480 e. The van der Waals surface area contributed by atoms with Crippen LogP contribution in [0.5, 0.6) is 0 Å². The van der Waals surface area contributed by atoms with Gasteiger partial charge in [0.1, 0.15) is 12.1 Å². The number of nitrogens with two attached hydrogens (primary N) is 1. The molecule has 0 heterocycles. The van der Waals surface area contributed by atoms with Crippen LogP contribution in [0.1, 0.15) is 6.42 Å². The van der Waals surface area contributed by atoms with E-state index < -0.39 is 48.4 Å². The molecular formula is C8H12N2O8. The predicted molar refractivity (Wildman–Crippen MR) is 53.4 cm³/mol. The fourth-order valence-electron chi connectivity index (χ4n) is 1.08. The van der Waals surface area contributed by atoms with Crippen molar-refractivity contribution in [3.8, 4) is 0 Å². The minimum atomic E-state index is -2.36. The third-order valence-electron chi connectivity index (χ3n) is 1.92. The van der Waals surface area contributed by atoms with E-state index in [1.807, 2.05) is 5.32 Å². The molecule has 18 heavy (non-hydrogen) atoms. The lowest BCUT2D eigenvalue weighted by Crippen LogP contribution is -2.55. The van der Waals surface area contributed by atoms with Crippen LogP contribution in [0.2, 0.25) is 0 Å². The van der Waals surface area contributed by atoms with Gasteiger partial charge in [-0.2, -0.15) is 0 Å². The zero-order chi connectivity index (χ0) is 14.5. The summed E-state index contributed by atoms with van der Waals surface area (Å²) in [6.45, 7) is 0. The van der Waals surface area contributed by atoms with Crippen molar-refractivity contribution >= 4 is 23.8 Å². The molecule has 0 aliphatic carbocycles. The first-order chi connectivity index (χ1) is 8.16. The van der Waals surface area contributed by atoms with E-state index in [0.717, 1.165) is 0 Å². The number of rotatable bonds is 8. The van der Waals surface area contributed by atoms with Gasteiger partial charge in [-0.05, 0) is 0 Å². The zero-order valence-corrected chi connectivity index (χ0v) is 8.94. The highest BCUT2D eigenvalue weighted by molar-refractivity contribution is 5.87. The predicted octanol–water partition coefficient (Wildman–Crippen LogP) is -3.20. The summed E-state index contributed by atoms with van der Waals surface area (Å²) in [5.41, 5.74) is 4.75. The number of carbonyl (C=O) groups excluding carboxylic acids is 1. The van der Waals surface area contributed by atoms with Gasteiger partial charge in [-0.1, -0.05) is 0 Å². The third-order valence-corrected chi connectivity index (χ3v) is 1.92. The monoisotopic (exact) mass is 264 g/mol. The van der Waals surface area contributed by atoms with Gasteiger partial charge in [0.2, 0.25) is 5.91 Å². The van der Waals surface area contributed by atoms with Crippen molar-refractivity contribution in [2.45, 2.75) is 24.6 Å². The lowest BCUT2D eigenvalue weighted by atomic mass is 10.1. The molecule has 0 fully saturated rings. The van der Waals surface area contributed by atoms with Crippen molar-refractivity contribution in [3.05, 3.63) is 0 Å². The van der Waals surface area contributed by atoms with Gasteiger partial charge in [0.15, 0.2) is 6.10 Å². The van der Waals surface area contributed by atoms with E-state index in [1.54, 1.807) is 0 Å². The lowest BCUT2D eigenvalue weighted by Gasteiger charge is -2.21. The van der Waals surface area contributed by atoms with E-state index in [-0.39, 0.29) is 0 Å². The van der Waals surface area contributed by atoms with Crippen LogP contribution in [-0.4, -0.2) is 62.4 Å². The molecule has 2 unspecified atom stereocenters. The second-order valence-electron chi connectivity index (χ2n) is 3.33. The van der Waals surface area contributed by atoms with E-state index in [9.17, 15) is 19.2 Å². The number of carboxylic acids is 3. The summed E-state index contributed by atoms with van der Waals surface area (Å²) in [5, 5.41) is 36.7. The molecule has 10 heteroatoms. The number of nitrogens with one attached hydrogen (secondary N) is 1. The highest BCUT2D eigenvalue weighted by Crippen LogP contribution is 2.01. The smallest absolute Gasteiger partial charge is 0.334 e. The Bertz CT molecular complexity index is 368. The third kappa shape index (κ3) is 4.76. The molecule has 0 bridgehead atoms. The van der Waals surface area contributed by atoms with Gasteiger partial charge in [-0.3, -0.25) is 19.7 Å². The van der Waals surface area contributed by atoms with Crippen molar-refractivity contribution < 1.29 is 39.6 Å². The number of hydrogen-bond acceptors (Lipinski definition) is 6. The number of carbonyl (C=O) groups is 4. The number of aliphatic hydroxyl groups is 1. The van der Waals surface area contributed by atoms with Crippen LogP contribution in [0.25, 0.3) is 0 Å². The summed E-state index contributed by atoms with van der Waals surface area (Å²) in [7, 11) is 0. The molecule has 0 rings (SSSR count). The highest BCUT2D eigenvalue weighted by atomic mass is 16.4. The van der Waals surface area contributed by atoms with Crippen LogP contribution in [0.3, 0.4) is 0 Å². The van der Waals surface area contributed by atoms with E-state index in [0.29, 0.717) is 0 Å². The molecule has 0 spiro atoms. The number of carboxylic acid groups (broad SMARTS) is 3. The minimum Gasteiger partial charge on any atom is -0.480 e. The molecule has 0 aliphatic heterocycles. The quantitative estimate of drug-likeness (QED) is 0.262. The fraction of sp³-hybridized carbons (Fsp3) is 0.500. The van der Waals surface area contributed by atoms with Crippen LogP contribution < -0.4 is 11.1 Å². The van der Waals surface area contributed by atoms with Gasteiger partial charge < -0.3 is 26.2 Å². The van der Waals surface area contributed by atoms with E-state index in [1.165, 1.54) is 0 Å². The minimum absolute atomic E-state index is 0.745. The molecule has 0 radical (unpaired) electrons. The highest BCUT2D eigenvalue weighted by Gasteiger charge is 2.35. The summed E-state index contributed by atoms with van der Waals surface area (Å²) in [6, 6.07) is -3.79. The Morgan fingerprint density at radius 3 is 1.78 bits per heavy atom. The van der Waals surface area contributed by atoms with Crippen LogP contribution in [0, 0.1) is 0 Å². The molecule has 0 aliphatic rings. The maximum Gasteiger partial charge on any atom is 0.334 e. The summed E-state index contributed by atoms with van der Waals surface area (Å²) < 4.78 is 0. The van der Waals surface area contributed by atoms with Crippen molar-refractivity contribution in [3.63, 3.8) is 0 Å². The molecule has 10 nitrogen and oxygen atoms in total. The van der Waals surface area contributed by atoms with Crippen molar-refractivity contribution in [2.24, 2.45) is 5.73 Å². The van der Waals surface area contributed by atoms with E-state index >= 15 is 0 Å². The van der Waals surface area contributed by atoms with Gasteiger partial charge >= 0.3 is 17.9 Å². The molecule has 7 N–H and O–H groups in total. The second kappa shape index (κ2) is 6.51. The molecule has 0 aromatic carbocycles. The molecule has 0 saturated carbocycles. The average Bonchev–Trinajstić information content (AvgIpc) is 2.21. The van der Waals surface area contributed by atoms with Crippen molar-refractivity contribution in [1.82, 2.24) is 5.32 Å². The fourth-order valence-corrected chi connectivity index (χ4v) is 1.08. The van der Waals surface area contributed by atoms with E-state index in [4.69, 9.17) is 26.2 Å². The number of aliphatic hydroxyl groups excluding tert-OH is 1. The topological polar surface area (TPSA) is 187 Å². The van der Waals surface area contributed by atoms with Crippen LogP contribution in [0.15, 0.2) is 0 Å². The SMILES string of the molecule is NC(=O)C[C@H](NC(C(=O)O)C(O)C(=O)O)C(=O)O. The normalized spacial score (nSPS) is 15.4. The first kappa shape index (κ1) is 15.8. The number of hydrogen-bond donors (Lipinski definition) is 6. The molecule has 3 atom stereocenters. The van der Waals surface area contributed by atoms with E-state index in [2.05, 4.69) is 0 Å². The number of aliphatic carboxylic acids is 3. The molecule has 102 valence electrons. The Morgan fingerprint density at radius 1 is 1.00 bits per heavy atom. The Labute approximate surface area is 100 Å². The van der Waals surface area contributed by atoms with Gasteiger partial charge in [0.05, 0.1) is 6.42 Å². The van der Waals surface area contributed by atoms with Crippen LogP contribution in [-0.2, 0) is 19.2 Å². The Morgan fingerprint density at radius 2 is 1.50 bits per heavy atom. The molecule has 0 aromatic rings. The summed E-state index contributed by atoms with van der Waals surface area (Å²) in [4.78, 5) is 42.4. The summed E-state index contributed by atoms with van der Waals surface area (Å²) in [5.74, 6) is -6.25. The van der Waals surface area contributed by atoms with Crippen molar-refractivity contribution in [1.29, 1.82) is 0 Å². The van der Waals surface area contributed by atoms with Crippen molar-refractivity contribution in [2.75, 3.05) is 0 Å². The Hall–Kier alpha value is -2.20. The zero-order valence-electron chi connectivity index (χ0n) is 8.94. The van der Waals surface area contributed by atoms with Gasteiger partial charge in [0.25, 0.3) is 0 Å². The number of primary amides is 1. The van der Waals surface area contributed by atoms with Gasteiger partial charge in [0, 0.05) is 0 Å². The summed E-state index contributed by atoms with van der Waals surface area (Å²) >= 11 is 0.